The largest absolute Gasteiger partial charge is 0.463 e. The molecule has 272 valence electrons. The number of aliphatic hydroxyl groups excluding tert-OH is 1. The van der Waals surface area contributed by atoms with Gasteiger partial charge in [0.1, 0.15) is 13.2 Å². The van der Waals surface area contributed by atoms with Gasteiger partial charge in [0.25, 0.3) is 0 Å². The summed E-state index contributed by atoms with van der Waals surface area (Å²) in [5.41, 5.74) is 1.29. The van der Waals surface area contributed by atoms with Crippen LogP contribution in [0.25, 0.3) is 0 Å². The minimum atomic E-state index is -0.678. The number of alkyl carbamates (subject to hydrolysis) is 1. The number of amides is 3. The number of carbonyl (C=O) groups excluding carboxylic acids is 4. The lowest BCUT2D eigenvalue weighted by Gasteiger charge is -2.29. The van der Waals surface area contributed by atoms with Gasteiger partial charge in [0.15, 0.2) is 0 Å². The van der Waals surface area contributed by atoms with Crippen LogP contribution in [0.3, 0.4) is 0 Å². The zero-order valence-corrected chi connectivity index (χ0v) is 29.3. The molecule has 2 aromatic carbocycles. The molecule has 1 fully saturated rings. The fourth-order valence-electron chi connectivity index (χ4n) is 6.25. The SMILES string of the molecule is C=CCC[C@H](Cc1ccccc1)C(=O)OC[C@H](CCCCNC(=O)OCc1ccccc1)NC(=O)[C@@H](CC=C)CC(=O)NC1(CO)CCCC1. The summed E-state index contributed by atoms with van der Waals surface area (Å²) in [5.74, 6) is -2.01. The van der Waals surface area contributed by atoms with E-state index in [4.69, 9.17) is 9.47 Å². The number of allylic oxidation sites excluding steroid dienone is 2. The highest BCUT2D eigenvalue weighted by Gasteiger charge is 2.35. The molecule has 4 N–H and O–H groups in total. The van der Waals surface area contributed by atoms with Crippen LogP contribution in [0, 0.1) is 11.8 Å². The maximum atomic E-state index is 13.6. The molecule has 0 aromatic heterocycles. The Labute approximate surface area is 297 Å². The smallest absolute Gasteiger partial charge is 0.407 e. The Morgan fingerprint density at radius 3 is 2.18 bits per heavy atom. The summed E-state index contributed by atoms with van der Waals surface area (Å²) < 4.78 is 11.1. The van der Waals surface area contributed by atoms with E-state index in [1.165, 1.54) is 0 Å². The highest BCUT2D eigenvalue weighted by Crippen LogP contribution is 2.29. The van der Waals surface area contributed by atoms with E-state index in [0.29, 0.717) is 57.9 Å². The second kappa shape index (κ2) is 22.3. The molecule has 0 unspecified atom stereocenters. The van der Waals surface area contributed by atoms with E-state index in [0.717, 1.165) is 24.0 Å². The van der Waals surface area contributed by atoms with E-state index in [-0.39, 0.29) is 56.4 Å². The highest BCUT2D eigenvalue weighted by atomic mass is 16.5. The van der Waals surface area contributed by atoms with Gasteiger partial charge in [-0.05, 0) is 68.9 Å². The number of esters is 1. The second-order valence-electron chi connectivity index (χ2n) is 13.2. The molecule has 2 aromatic rings. The number of hydrogen-bond acceptors (Lipinski definition) is 7. The molecule has 0 aliphatic heterocycles. The van der Waals surface area contributed by atoms with E-state index in [1.807, 2.05) is 60.7 Å². The molecule has 3 amide bonds. The van der Waals surface area contributed by atoms with Crippen molar-refractivity contribution in [2.45, 2.75) is 95.2 Å². The third-order valence-electron chi connectivity index (χ3n) is 9.13. The maximum absolute atomic E-state index is 13.6. The quantitative estimate of drug-likeness (QED) is 0.0643. The fraction of sp³-hybridized carbons (Fsp3) is 0.500. The van der Waals surface area contributed by atoms with Crippen molar-refractivity contribution in [1.29, 1.82) is 0 Å². The summed E-state index contributed by atoms with van der Waals surface area (Å²) in [6, 6.07) is 18.7. The van der Waals surface area contributed by atoms with Crippen molar-refractivity contribution in [3.05, 3.63) is 97.1 Å². The number of aliphatic hydroxyl groups is 1. The van der Waals surface area contributed by atoms with E-state index in [2.05, 4.69) is 29.1 Å². The lowest BCUT2D eigenvalue weighted by atomic mass is 9.94. The molecule has 10 nitrogen and oxygen atoms in total. The zero-order chi connectivity index (χ0) is 36.0. The highest BCUT2D eigenvalue weighted by molar-refractivity contribution is 5.86. The molecule has 10 heteroatoms. The van der Waals surface area contributed by atoms with Crippen molar-refractivity contribution in [2.75, 3.05) is 19.8 Å². The molecule has 50 heavy (non-hydrogen) atoms. The Morgan fingerprint density at radius 1 is 0.860 bits per heavy atom. The molecule has 1 aliphatic carbocycles. The van der Waals surface area contributed by atoms with Crippen molar-refractivity contribution >= 4 is 23.9 Å². The monoisotopic (exact) mass is 689 g/mol. The molecule has 3 rings (SSSR count). The van der Waals surface area contributed by atoms with Gasteiger partial charge in [-0.2, -0.15) is 0 Å². The topological polar surface area (TPSA) is 143 Å². The average molecular weight is 690 g/mol. The number of hydrogen-bond donors (Lipinski definition) is 4. The van der Waals surface area contributed by atoms with Crippen LogP contribution in [-0.4, -0.2) is 60.3 Å². The second-order valence-corrected chi connectivity index (χ2v) is 13.2. The Morgan fingerprint density at radius 2 is 1.54 bits per heavy atom. The van der Waals surface area contributed by atoms with Gasteiger partial charge < -0.3 is 30.5 Å². The number of benzene rings is 2. The third-order valence-corrected chi connectivity index (χ3v) is 9.13. The minimum Gasteiger partial charge on any atom is -0.463 e. The number of carbonyl (C=O) groups is 4. The van der Waals surface area contributed by atoms with Gasteiger partial charge in [-0.3, -0.25) is 14.4 Å². The molecule has 0 bridgehead atoms. The molecule has 0 radical (unpaired) electrons. The summed E-state index contributed by atoms with van der Waals surface area (Å²) in [5, 5.41) is 18.7. The number of unbranched alkanes of at least 4 members (excludes halogenated alkanes) is 1. The van der Waals surface area contributed by atoms with Gasteiger partial charge >= 0.3 is 12.1 Å². The van der Waals surface area contributed by atoms with Crippen molar-refractivity contribution < 1.29 is 33.8 Å². The fourth-order valence-corrected chi connectivity index (χ4v) is 6.25. The van der Waals surface area contributed by atoms with Crippen LogP contribution in [0.5, 0.6) is 0 Å². The first kappa shape index (κ1) is 40.0. The summed E-state index contributed by atoms with van der Waals surface area (Å²) in [6.07, 6.45) is 9.89. The van der Waals surface area contributed by atoms with E-state index >= 15 is 0 Å². The summed E-state index contributed by atoms with van der Waals surface area (Å²) >= 11 is 0. The van der Waals surface area contributed by atoms with Crippen LogP contribution in [-0.2, 0) is 36.9 Å². The maximum Gasteiger partial charge on any atom is 0.407 e. The van der Waals surface area contributed by atoms with Crippen LogP contribution >= 0.6 is 0 Å². The van der Waals surface area contributed by atoms with E-state index in [1.54, 1.807) is 12.2 Å². The van der Waals surface area contributed by atoms with Gasteiger partial charge in [-0.25, -0.2) is 4.79 Å². The first-order chi connectivity index (χ1) is 24.3. The molecule has 0 saturated heterocycles. The van der Waals surface area contributed by atoms with Gasteiger partial charge in [0.2, 0.25) is 11.8 Å². The van der Waals surface area contributed by atoms with Crippen LogP contribution in [0.1, 0.15) is 81.8 Å². The van der Waals surface area contributed by atoms with Crippen molar-refractivity contribution in [3.63, 3.8) is 0 Å². The standard InChI is InChI=1S/C40H55N3O7/c1-3-5-21-34(26-31-17-8-6-9-18-31)38(47)49-29-35(22-12-15-25-41-39(48)50-28-32-19-10-7-11-20-32)42-37(46)33(16-4-2)27-36(45)43-40(30-44)23-13-14-24-40/h3-4,6-11,17-20,33-35,44H,1-2,5,12-16,21-30H2,(H,41,48)(H,42,46)(H,43,45)/t33-,34+,35-/m0/s1. The molecule has 0 spiro atoms. The first-order valence-electron chi connectivity index (χ1n) is 17.9. The summed E-state index contributed by atoms with van der Waals surface area (Å²) in [6.45, 7) is 7.96. The molecule has 0 heterocycles. The number of nitrogens with one attached hydrogen (secondary N) is 3. The minimum absolute atomic E-state index is 0.0306. The molecular formula is C40H55N3O7. The third kappa shape index (κ3) is 14.6. The van der Waals surface area contributed by atoms with Crippen LogP contribution in [0.4, 0.5) is 4.79 Å². The van der Waals surface area contributed by atoms with Gasteiger partial charge in [-0.15, -0.1) is 13.2 Å². The van der Waals surface area contributed by atoms with Gasteiger partial charge in [0.05, 0.1) is 30.0 Å². The summed E-state index contributed by atoms with van der Waals surface area (Å²) in [7, 11) is 0. The van der Waals surface area contributed by atoms with Gasteiger partial charge in [0, 0.05) is 13.0 Å². The number of ether oxygens (including phenoxy) is 2. The summed E-state index contributed by atoms with van der Waals surface area (Å²) in [4.78, 5) is 52.1. The molecule has 1 saturated carbocycles. The zero-order valence-electron chi connectivity index (χ0n) is 29.3. The Hall–Kier alpha value is -4.44. The Bertz CT molecular complexity index is 1350. The van der Waals surface area contributed by atoms with E-state index in [9.17, 15) is 24.3 Å². The number of rotatable bonds is 23. The Kier molecular flexibility index (Phi) is 17.8. The van der Waals surface area contributed by atoms with Crippen molar-refractivity contribution in [2.24, 2.45) is 11.8 Å². The normalized spacial score (nSPS) is 15.1. The molecular weight excluding hydrogens is 634 g/mol. The van der Waals surface area contributed by atoms with Crippen LogP contribution in [0.15, 0.2) is 86.0 Å². The van der Waals surface area contributed by atoms with Gasteiger partial charge in [-0.1, -0.05) is 85.7 Å². The predicted octanol–water partition coefficient (Wildman–Crippen LogP) is 5.94. The predicted molar refractivity (Wildman–Crippen MR) is 194 cm³/mol. The molecule has 3 atom stereocenters. The van der Waals surface area contributed by atoms with Crippen molar-refractivity contribution in [1.82, 2.24) is 16.0 Å². The van der Waals surface area contributed by atoms with Crippen LogP contribution < -0.4 is 16.0 Å². The first-order valence-corrected chi connectivity index (χ1v) is 17.9. The molecule has 1 aliphatic rings. The average Bonchev–Trinajstić information content (AvgIpc) is 3.60. The van der Waals surface area contributed by atoms with E-state index < -0.39 is 23.6 Å². The van der Waals surface area contributed by atoms with Crippen molar-refractivity contribution in [3.8, 4) is 0 Å². The Balaban J connectivity index is 1.59. The van der Waals surface area contributed by atoms with Crippen LogP contribution in [0.2, 0.25) is 0 Å². The lowest BCUT2D eigenvalue weighted by molar-refractivity contribution is -0.150. The lowest BCUT2D eigenvalue weighted by Crippen LogP contribution is -2.50.